The van der Waals surface area contributed by atoms with Crippen LogP contribution in [-0.4, -0.2) is 0 Å². The van der Waals surface area contributed by atoms with Crippen LogP contribution in [0.15, 0.2) is 73.0 Å². The van der Waals surface area contributed by atoms with Gasteiger partial charge in [0.2, 0.25) is 0 Å². The summed E-state index contributed by atoms with van der Waals surface area (Å²) in [7, 11) is 0. The van der Waals surface area contributed by atoms with Crippen LogP contribution in [0.4, 0.5) is 0 Å². The van der Waals surface area contributed by atoms with Crippen LogP contribution in [0.2, 0.25) is 0 Å². The largest absolute Gasteiger partial charge is 0.422 e. The molecule has 0 radical (unpaired) electrons. The lowest BCUT2D eigenvalue weighted by molar-refractivity contribution is 0.537. The van der Waals surface area contributed by atoms with E-state index < -0.39 is 11.3 Å². The van der Waals surface area contributed by atoms with Crippen LogP contribution in [-0.2, 0) is 6.42 Å². The Balaban J connectivity index is 1.92. The van der Waals surface area contributed by atoms with E-state index in [-0.39, 0.29) is 11.0 Å². The Morgan fingerprint density at radius 3 is 2.38 bits per heavy atom. The monoisotopic (exact) mass is 318 g/mol. The maximum absolute atomic E-state index is 12.4. The van der Waals surface area contributed by atoms with Crippen molar-refractivity contribution in [3.8, 4) is 0 Å². The van der Waals surface area contributed by atoms with Crippen LogP contribution < -0.4 is 11.3 Å². The quantitative estimate of drug-likeness (QED) is 0.417. The molecular formula is C20H14O4. The van der Waals surface area contributed by atoms with E-state index in [9.17, 15) is 9.59 Å². The van der Waals surface area contributed by atoms with E-state index in [1.54, 1.807) is 24.3 Å². The standard InChI is InChI=1S/C20H14O4/c1-12-6-8-13(9-7-12)10-14-11-16-18(24-19(14)21)15-4-2-3-5-17(15)23-20(16)22/h2-9,11H,10H2,1H3. The van der Waals surface area contributed by atoms with Crippen LogP contribution in [0.5, 0.6) is 0 Å². The van der Waals surface area contributed by atoms with E-state index in [2.05, 4.69) is 0 Å². The first-order valence-electron chi connectivity index (χ1n) is 7.66. The second kappa shape index (κ2) is 5.49. The summed E-state index contributed by atoms with van der Waals surface area (Å²) in [6, 6.07) is 16.5. The van der Waals surface area contributed by atoms with Gasteiger partial charge in [-0.05, 0) is 30.7 Å². The third kappa shape index (κ3) is 2.42. The zero-order valence-electron chi connectivity index (χ0n) is 13.0. The molecule has 0 amide bonds. The van der Waals surface area contributed by atoms with E-state index in [1.165, 1.54) is 0 Å². The molecule has 0 saturated carbocycles. The summed E-state index contributed by atoms with van der Waals surface area (Å²) in [6.45, 7) is 2.00. The summed E-state index contributed by atoms with van der Waals surface area (Å²) < 4.78 is 10.8. The van der Waals surface area contributed by atoms with Crippen molar-refractivity contribution < 1.29 is 8.83 Å². The molecule has 4 rings (SSSR count). The first kappa shape index (κ1) is 14.5. The van der Waals surface area contributed by atoms with Crippen LogP contribution >= 0.6 is 0 Å². The molecule has 4 nitrogen and oxygen atoms in total. The molecule has 4 aromatic rings. The fraction of sp³-hybridized carbons (Fsp3) is 0.100. The van der Waals surface area contributed by atoms with E-state index in [0.29, 0.717) is 23.0 Å². The summed E-state index contributed by atoms with van der Waals surface area (Å²) in [5.41, 5.74) is 2.32. The van der Waals surface area contributed by atoms with Gasteiger partial charge < -0.3 is 8.83 Å². The van der Waals surface area contributed by atoms with Gasteiger partial charge in [-0.25, -0.2) is 9.59 Å². The number of benzene rings is 2. The average molecular weight is 318 g/mol. The average Bonchev–Trinajstić information content (AvgIpc) is 2.58. The Hall–Kier alpha value is -3.14. The van der Waals surface area contributed by atoms with E-state index in [1.807, 2.05) is 37.3 Å². The number of rotatable bonds is 2. The third-order valence-electron chi connectivity index (χ3n) is 4.09. The first-order valence-corrected chi connectivity index (χ1v) is 7.66. The summed E-state index contributed by atoms with van der Waals surface area (Å²) in [5.74, 6) is 0. The molecule has 4 heteroatoms. The highest BCUT2D eigenvalue weighted by molar-refractivity contribution is 6.00. The number of hydrogen-bond acceptors (Lipinski definition) is 4. The topological polar surface area (TPSA) is 60.4 Å². The molecule has 118 valence electrons. The van der Waals surface area contributed by atoms with Gasteiger partial charge in [-0.15, -0.1) is 0 Å². The molecule has 2 heterocycles. The van der Waals surface area contributed by atoms with E-state index >= 15 is 0 Å². The Morgan fingerprint density at radius 2 is 1.58 bits per heavy atom. The van der Waals surface area contributed by atoms with Gasteiger partial charge in [0.05, 0.1) is 5.39 Å². The summed E-state index contributed by atoms with van der Waals surface area (Å²) in [5, 5.41) is 0.904. The molecule has 0 N–H and O–H groups in total. The smallest absolute Gasteiger partial charge is 0.347 e. The molecule has 0 saturated heterocycles. The van der Waals surface area contributed by atoms with Crippen LogP contribution in [0.25, 0.3) is 21.9 Å². The van der Waals surface area contributed by atoms with Gasteiger partial charge in [0.15, 0.2) is 5.58 Å². The molecule has 0 unspecified atom stereocenters. The van der Waals surface area contributed by atoms with Crippen molar-refractivity contribution in [2.24, 2.45) is 0 Å². The van der Waals surface area contributed by atoms with E-state index in [0.717, 1.165) is 11.1 Å². The van der Waals surface area contributed by atoms with E-state index in [4.69, 9.17) is 8.83 Å². The molecule has 0 atom stereocenters. The van der Waals surface area contributed by atoms with Gasteiger partial charge in [0, 0.05) is 12.0 Å². The number of aryl methyl sites for hydroxylation is 1. The van der Waals surface area contributed by atoms with Crippen LogP contribution in [0, 0.1) is 6.92 Å². The Morgan fingerprint density at radius 1 is 0.833 bits per heavy atom. The van der Waals surface area contributed by atoms with Crippen molar-refractivity contribution in [1.29, 1.82) is 0 Å². The lowest BCUT2D eigenvalue weighted by atomic mass is 10.0. The van der Waals surface area contributed by atoms with Crippen molar-refractivity contribution in [3.63, 3.8) is 0 Å². The predicted octanol–water partition coefficient (Wildman–Crippen LogP) is 3.80. The highest BCUT2D eigenvalue weighted by Gasteiger charge is 2.13. The first-order chi connectivity index (χ1) is 11.6. The number of para-hydroxylation sites is 1. The second-order valence-electron chi connectivity index (χ2n) is 5.85. The Bertz CT molecular complexity index is 1160. The minimum atomic E-state index is -0.502. The van der Waals surface area contributed by atoms with Gasteiger partial charge in [-0.1, -0.05) is 42.0 Å². The lowest BCUT2D eigenvalue weighted by Gasteiger charge is -2.04. The maximum atomic E-state index is 12.4. The number of hydrogen-bond donors (Lipinski definition) is 0. The molecule has 0 spiro atoms. The molecule has 2 aromatic carbocycles. The number of fused-ring (bicyclic) bond motifs is 3. The molecule has 0 aliphatic heterocycles. The van der Waals surface area contributed by atoms with Crippen LogP contribution in [0.1, 0.15) is 16.7 Å². The Kier molecular flexibility index (Phi) is 3.31. The molecule has 0 bridgehead atoms. The minimum Gasteiger partial charge on any atom is -0.422 e. The normalized spacial score (nSPS) is 11.2. The molecule has 0 aliphatic carbocycles. The fourth-order valence-electron chi connectivity index (χ4n) is 2.81. The summed E-state index contributed by atoms with van der Waals surface area (Å²) in [6.07, 6.45) is 0.408. The predicted molar refractivity (Wildman–Crippen MR) is 92.5 cm³/mol. The molecule has 24 heavy (non-hydrogen) atoms. The SMILES string of the molecule is Cc1ccc(Cc2cc3c(=O)oc4ccccc4c3oc2=O)cc1. The molecule has 0 fully saturated rings. The highest BCUT2D eigenvalue weighted by atomic mass is 16.4. The lowest BCUT2D eigenvalue weighted by Crippen LogP contribution is -2.11. The van der Waals surface area contributed by atoms with Crippen molar-refractivity contribution in [2.45, 2.75) is 13.3 Å². The van der Waals surface area contributed by atoms with Crippen molar-refractivity contribution >= 4 is 21.9 Å². The third-order valence-corrected chi connectivity index (χ3v) is 4.09. The van der Waals surface area contributed by atoms with Gasteiger partial charge >= 0.3 is 11.3 Å². The molecule has 0 aliphatic rings. The summed E-state index contributed by atoms with van der Waals surface area (Å²) >= 11 is 0. The zero-order chi connectivity index (χ0) is 16.7. The van der Waals surface area contributed by atoms with Crippen molar-refractivity contribution in [2.75, 3.05) is 0 Å². The molecular weight excluding hydrogens is 304 g/mol. The van der Waals surface area contributed by atoms with Gasteiger partial charge in [0.1, 0.15) is 11.0 Å². The van der Waals surface area contributed by atoms with Gasteiger partial charge in [-0.2, -0.15) is 0 Å². The maximum Gasteiger partial charge on any atom is 0.347 e. The zero-order valence-corrected chi connectivity index (χ0v) is 13.0. The second-order valence-corrected chi connectivity index (χ2v) is 5.85. The Labute approximate surface area is 137 Å². The van der Waals surface area contributed by atoms with Crippen LogP contribution in [0.3, 0.4) is 0 Å². The highest BCUT2D eigenvalue weighted by Crippen LogP contribution is 2.22. The van der Waals surface area contributed by atoms with Crippen molar-refractivity contribution in [3.05, 3.63) is 92.1 Å². The minimum absolute atomic E-state index is 0.277. The van der Waals surface area contributed by atoms with Crippen molar-refractivity contribution in [1.82, 2.24) is 0 Å². The fourth-order valence-corrected chi connectivity index (χ4v) is 2.81. The van der Waals surface area contributed by atoms with Gasteiger partial charge in [-0.3, -0.25) is 0 Å². The van der Waals surface area contributed by atoms with Gasteiger partial charge in [0.25, 0.3) is 0 Å². The molecule has 2 aromatic heterocycles. The summed E-state index contributed by atoms with van der Waals surface area (Å²) in [4.78, 5) is 24.6.